The van der Waals surface area contributed by atoms with Gasteiger partial charge >= 0.3 is 6.18 Å². The number of rotatable bonds is 5. The second-order valence-electron chi connectivity index (χ2n) is 5.90. The van der Waals surface area contributed by atoms with Gasteiger partial charge in [0.2, 0.25) is 0 Å². The molecule has 0 saturated heterocycles. The Labute approximate surface area is 152 Å². The van der Waals surface area contributed by atoms with Crippen molar-refractivity contribution < 1.29 is 21.6 Å². The molecule has 0 atom stereocenters. The first-order valence-corrected chi connectivity index (χ1v) is 10.5. The Hall–Kier alpha value is -2.13. The number of sulfone groups is 1. The van der Waals surface area contributed by atoms with Crippen LogP contribution in [0.3, 0.4) is 0 Å². The summed E-state index contributed by atoms with van der Waals surface area (Å²) in [6.07, 6.45) is -2.77. The van der Waals surface area contributed by atoms with Crippen molar-refractivity contribution in [1.29, 1.82) is 0 Å². The zero-order valence-electron chi connectivity index (χ0n) is 13.7. The largest absolute Gasteiger partial charge is 0.416 e. The molecular formula is C17H15F3N2O2S2. The predicted molar refractivity (Wildman–Crippen MR) is 97.8 cm³/mol. The van der Waals surface area contributed by atoms with E-state index in [2.05, 4.69) is 10.3 Å². The second-order valence-corrected chi connectivity index (χ2v) is 9.19. The van der Waals surface area contributed by atoms with Gasteiger partial charge in [-0.2, -0.15) is 13.2 Å². The maximum absolute atomic E-state index is 12.8. The van der Waals surface area contributed by atoms with Crippen molar-refractivity contribution in [3.63, 3.8) is 0 Å². The average molecular weight is 400 g/mol. The first-order valence-electron chi connectivity index (χ1n) is 7.62. The van der Waals surface area contributed by atoms with Crippen LogP contribution in [0.2, 0.25) is 0 Å². The van der Waals surface area contributed by atoms with Gasteiger partial charge in [0.25, 0.3) is 0 Å². The predicted octanol–water partition coefficient (Wildman–Crippen LogP) is 4.65. The van der Waals surface area contributed by atoms with Crippen LogP contribution in [0.4, 0.5) is 24.0 Å². The Morgan fingerprint density at radius 3 is 2.42 bits per heavy atom. The molecule has 0 fully saturated rings. The lowest BCUT2D eigenvalue weighted by Crippen LogP contribution is -2.05. The number of hydrogen-bond acceptors (Lipinski definition) is 5. The van der Waals surface area contributed by atoms with E-state index in [1.165, 1.54) is 23.7 Å². The molecule has 2 aromatic carbocycles. The number of anilines is 2. The van der Waals surface area contributed by atoms with Gasteiger partial charge < -0.3 is 5.32 Å². The van der Waals surface area contributed by atoms with Crippen LogP contribution < -0.4 is 5.32 Å². The molecule has 0 aliphatic heterocycles. The Morgan fingerprint density at radius 2 is 1.81 bits per heavy atom. The fraction of sp³-hybridized carbons (Fsp3) is 0.235. The van der Waals surface area contributed by atoms with Crippen LogP contribution in [0.15, 0.2) is 42.5 Å². The van der Waals surface area contributed by atoms with Crippen LogP contribution in [0.25, 0.3) is 10.2 Å². The number of aryl methyl sites for hydroxylation is 1. The van der Waals surface area contributed by atoms with Crippen molar-refractivity contribution in [2.45, 2.75) is 12.6 Å². The molecule has 138 valence electrons. The van der Waals surface area contributed by atoms with E-state index in [0.717, 1.165) is 23.4 Å². The zero-order valence-corrected chi connectivity index (χ0v) is 15.3. The molecule has 3 rings (SSSR count). The highest BCUT2D eigenvalue weighted by atomic mass is 32.2. The summed E-state index contributed by atoms with van der Waals surface area (Å²) in [5, 5.41) is 3.55. The summed E-state index contributed by atoms with van der Waals surface area (Å²) in [5.41, 5.74) is 1.18. The topological polar surface area (TPSA) is 59.1 Å². The fourth-order valence-corrected chi connectivity index (χ4v) is 3.81. The van der Waals surface area contributed by atoms with Crippen LogP contribution >= 0.6 is 11.3 Å². The summed E-state index contributed by atoms with van der Waals surface area (Å²) in [6, 6.07) is 10.7. The van der Waals surface area contributed by atoms with Crippen LogP contribution in [-0.2, 0) is 22.4 Å². The highest BCUT2D eigenvalue weighted by Gasteiger charge is 2.30. The average Bonchev–Trinajstić information content (AvgIpc) is 2.94. The summed E-state index contributed by atoms with van der Waals surface area (Å²) in [6.45, 7) is 0. The Morgan fingerprint density at radius 1 is 1.12 bits per heavy atom. The van der Waals surface area contributed by atoms with Crippen LogP contribution in [0, 0.1) is 0 Å². The fourth-order valence-electron chi connectivity index (χ4n) is 2.34. The van der Waals surface area contributed by atoms with Crippen LogP contribution in [0.5, 0.6) is 0 Å². The minimum atomic E-state index is -4.40. The molecule has 0 aliphatic carbocycles. The highest BCUT2D eigenvalue weighted by Crippen LogP contribution is 2.34. The van der Waals surface area contributed by atoms with Crippen molar-refractivity contribution in [2.75, 3.05) is 17.3 Å². The molecule has 3 aromatic rings. The van der Waals surface area contributed by atoms with E-state index in [9.17, 15) is 21.6 Å². The van der Waals surface area contributed by atoms with Crippen molar-refractivity contribution >= 4 is 42.2 Å². The van der Waals surface area contributed by atoms with Gasteiger partial charge in [-0.1, -0.05) is 23.5 Å². The lowest BCUT2D eigenvalue weighted by Gasteiger charge is -2.05. The van der Waals surface area contributed by atoms with Crippen LogP contribution in [0.1, 0.15) is 11.1 Å². The third-order valence-electron chi connectivity index (χ3n) is 3.68. The number of aromatic nitrogens is 1. The monoisotopic (exact) mass is 400 g/mol. The molecule has 4 nitrogen and oxygen atoms in total. The minimum Gasteiger partial charge on any atom is -0.332 e. The second kappa shape index (κ2) is 6.88. The van der Waals surface area contributed by atoms with E-state index < -0.39 is 21.6 Å². The quantitative estimate of drug-likeness (QED) is 0.678. The zero-order chi connectivity index (χ0) is 18.9. The van der Waals surface area contributed by atoms with E-state index in [4.69, 9.17) is 0 Å². The summed E-state index contributed by atoms with van der Waals surface area (Å²) in [7, 11) is -3.01. The minimum absolute atomic E-state index is 0.0825. The highest BCUT2D eigenvalue weighted by molar-refractivity contribution is 7.90. The van der Waals surface area contributed by atoms with Gasteiger partial charge in [0.1, 0.15) is 9.84 Å². The van der Waals surface area contributed by atoms with Gasteiger partial charge in [-0.15, -0.1) is 0 Å². The number of fused-ring (bicyclic) bond motifs is 1. The molecule has 1 N–H and O–H groups in total. The molecule has 26 heavy (non-hydrogen) atoms. The standard InChI is InChI=1S/C17H15F3N2O2S2/c1-26(23,24)9-8-11-2-5-13(6-3-11)21-16-22-14-10-12(17(18,19)20)4-7-15(14)25-16/h2-7,10H,8-9H2,1H3,(H,21,22). The molecule has 0 amide bonds. The molecule has 9 heteroatoms. The van der Waals surface area contributed by atoms with Gasteiger partial charge in [-0.05, 0) is 42.3 Å². The molecule has 0 bridgehead atoms. The summed E-state index contributed by atoms with van der Waals surface area (Å²) in [4.78, 5) is 4.20. The number of halogens is 3. The van der Waals surface area contributed by atoms with Crippen molar-refractivity contribution in [3.8, 4) is 0 Å². The number of thiazole rings is 1. The molecule has 1 heterocycles. The Kier molecular flexibility index (Phi) is 4.94. The molecule has 0 aliphatic rings. The molecule has 1 aromatic heterocycles. The molecular weight excluding hydrogens is 385 g/mol. The maximum atomic E-state index is 12.8. The molecule has 0 saturated carbocycles. The first kappa shape index (κ1) is 18.7. The first-order chi connectivity index (χ1) is 12.1. The van der Waals surface area contributed by atoms with E-state index >= 15 is 0 Å². The summed E-state index contributed by atoms with van der Waals surface area (Å²) in [5.74, 6) is 0.0825. The normalized spacial score (nSPS) is 12.5. The summed E-state index contributed by atoms with van der Waals surface area (Å²) >= 11 is 1.26. The maximum Gasteiger partial charge on any atom is 0.416 e. The number of nitrogens with one attached hydrogen (secondary N) is 1. The third-order valence-corrected chi connectivity index (χ3v) is 5.58. The van der Waals surface area contributed by atoms with E-state index in [-0.39, 0.29) is 11.3 Å². The SMILES string of the molecule is CS(=O)(=O)CCc1ccc(Nc2nc3cc(C(F)(F)F)ccc3s2)cc1. The van der Waals surface area contributed by atoms with Crippen molar-refractivity contribution in [3.05, 3.63) is 53.6 Å². The molecule has 0 radical (unpaired) electrons. The third kappa shape index (κ3) is 4.73. The van der Waals surface area contributed by atoms with Crippen molar-refractivity contribution in [2.24, 2.45) is 0 Å². The summed E-state index contributed by atoms with van der Waals surface area (Å²) < 4.78 is 61.3. The number of hydrogen-bond donors (Lipinski definition) is 1. The number of nitrogens with zero attached hydrogens (tertiary/aromatic N) is 1. The lowest BCUT2D eigenvalue weighted by atomic mass is 10.1. The molecule has 0 unspecified atom stereocenters. The Balaban J connectivity index is 1.74. The van der Waals surface area contributed by atoms with Gasteiger partial charge in [0.15, 0.2) is 5.13 Å². The van der Waals surface area contributed by atoms with Gasteiger partial charge in [0.05, 0.1) is 21.5 Å². The lowest BCUT2D eigenvalue weighted by molar-refractivity contribution is -0.137. The van der Waals surface area contributed by atoms with E-state index in [1.54, 1.807) is 12.1 Å². The van der Waals surface area contributed by atoms with E-state index in [1.807, 2.05) is 12.1 Å². The number of benzene rings is 2. The Bertz CT molecular complexity index is 1030. The van der Waals surface area contributed by atoms with Crippen LogP contribution in [-0.4, -0.2) is 25.4 Å². The van der Waals surface area contributed by atoms with Gasteiger partial charge in [0, 0.05) is 11.9 Å². The smallest absolute Gasteiger partial charge is 0.332 e. The molecule has 0 spiro atoms. The van der Waals surface area contributed by atoms with E-state index in [0.29, 0.717) is 16.3 Å². The van der Waals surface area contributed by atoms with Crippen molar-refractivity contribution in [1.82, 2.24) is 4.98 Å². The number of alkyl halides is 3. The van der Waals surface area contributed by atoms with Gasteiger partial charge in [-0.3, -0.25) is 0 Å². The van der Waals surface area contributed by atoms with Gasteiger partial charge in [-0.25, -0.2) is 13.4 Å².